The maximum absolute atomic E-state index is 15.9. The van der Waals surface area contributed by atoms with Crippen LogP contribution in [-0.2, 0) is 32.9 Å². The minimum Gasteiger partial charge on any atom is -0.465 e. The molecule has 2 aromatic rings. The van der Waals surface area contributed by atoms with Crippen molar-refractivity contribution in [1.82, 2.24) is 29.7 Å². The van der Waals surface area contributed by atoms with E-state index >= 15 is 4.39 Å². The number of hydrogen-bond acceptors (Lipinski definition) is 12. The molecular weight excluding hydrogens is 532 g/mol. The molecule has 3 heterocycles. The van der Waals surface area contributed by atoms with E-state index in [-0.39, 0.29) is 30.3 Å². The second-order valence-electron chi connectivity index (χ2n) is 7.79. The Morgan fingerprint density at radius 2 is 1.95 bits per heavy atom. The first-order valence-electron chi connectivity index (χ1n) is 11.3. The summed E-state index contributed by atoms with van der Waals surface area (Å²) >= 11 is 0. The van der Waals surface area contributed by atoms with Crippen LogP contribution in [0, 0.1) is 12.3 Å². The number of halogens is 1. The summed E-state index contributed by atoms with van der Waals surface area (Å²) in [6.45, 7) is 1.39. The van der Waals surface area contributed by atoms with Gasteiger partial charge in [0.2, 0.25) is 11.6 Å². The number of aliphatic hydroxyl groups is 1. The number of carbonyl (C=O) groups excluding carboxylic acids is 2. The summed E-state index contributed by atoms with van der Waals surface area (Å²) in [6.07, 6.45) is 1.15. The average molecular weight is 559 g/mol. The SMILES string of the molecule is C#C[C@@]1(F)[C@H](O)[C@@H](COP(=O)(NCC(=O)OCC)NCC(=O)OCC)O[C@H]1n1cnc2c(=O)[nH]c(N)nc21. The summed E-state index contributed by atoms with van der Waals surface area (Å²) in [4.78, 5) is 45.6. The van der Waals surface area contributed by atoms with Gasteiger partial charge in [0.15, 0.2) is 17.4 Å². The van der Waals surface area contributed by atoms with Crippen molar-refractivity contribution in [3.8, 4) is 12.3 Å². The van der Waals surface area contributed by atoms with Crippen LogP contribution in [0.2, 0.25) is 0 Å². The zero-order valence-electron chi connectivity index (χ0n) is 20.4. The first-order valence-corrected chi connectivity index (χ1v) is 12.9. The lowest BCUT2D eigenvalue weighted by molar-refractivity contribution is -0.142. The van der Waals surface area contributed by atoms with E-state index in [9.17, 15) is 24.1 Å². The van der Waals surface area contributed by atoms with E-state index in [0.717, 1.165) is 10.9 Å². The van der Waals surface area contributed by atoms with E-state index in [1.54, 1.807) is 13.8 Å². The summed E-state index contributed by atoms with van der Waals surface area (Å²) < 4.78 is 50.6. The van der Waals surface area contributed by atoms with Crippen LogP contribution in [0.25, 0.3) is 11.2 Å². The van der Waals surface area contributed by atoms with Gasteiger partial charge in [-0.15, -0.1) is 6.42 Å². The number of fused-ring (bicyclic) bond motifs is 1. The molecule has 38 heavy (non-hydrogen) atoms. The van der Waals surface area contributed by atoms with Gasteiger partial charge in [0.05, 0.1) is 26.1 Å². The number of imidazole rings is 1. The molecule has 2 aromatic heterocycles. The number of H-pyrrole nitrogens is 1. The van der Waals surface area contributed by atoms with E-state index in [2.05, 4.69) is 25.1 Å². The summed E-state index contributed by atoms with van der Waals surface area (Å²) in [6, 6.07) is 0. The Morgan fingerprint density at radius 1 is 1.34 bits per heavy atom. The number of nitrogens with one attached hydrogen (secondary N) is 3. The number of ether oxygens (including phenoxy) is 3. The number of aromatic nitrogens is 4. The summed E-state index contributed by atoms with van der Waals surface area (Å²) in [5.41, 5.74) is 1.65. The first kappa shape index (κ1) is 29.2. The number of rotatable bonds is 12. The number of aliphatic hydroxyl groups excluding tert-OH is 1. The van der Waals surface area contributed by atoms with Gasteiger partial charge in [0.1, 0.15) is 25.3 Å². The van der Waals surface area contributed by atoms with Crippen LogP contribution in [0.15, 0.2) is 11.1 Å². The molecular formula is C20H27FN7O9P. The van der Waals surface area contributed by atoms with Crippen LogP contribution in [0.3, 0.4) is 0 Å². The number of esters is 2. The summed E-state index contributed by atoms with van der Waals surface area (Å²) in [5, 5.41) is 15.3. The Labute approximate surface area is 214 Å². The highest BCUT2D eigenvalue weighted by Gasteiger charge is 2.58. The van der Waals surface area contributed by atoms with Gasteiger partial charge in [-0.1, -0.05) is 5.92 Å². The maximum atomic E-state index is 15.9. The van der Waals surface area contributed by atoms with E-state index in [4.69, 9.17) is 30.9 Å². The van der Waals surface area contributed by atoms with Crippen molar-refractivity contribution in [2.45, 2.75) is 38.0 Å². The lowest BCUT2D eigenvalue weighted by Crippen LogP contribution is -2.42. The Hall–Kier alpha value is -3.39. The van der Waals surface area contributed by atoms with Crippen molar-refractivity contribution in [3.63, 3.8) is 0 Å². The smallest absolute Gasteiger partial charge is 0.341 e. The van der Waals surface area contributed by atoms with Gasteiger partial charge in [-0.2, -0.15) is 4.98 Å². The van der Waals surface area contributed by atoms with Gasteiger partial charge in [-0.3, -0.25) is 28.5 Å². The molecule has 0 aliphatic carbocycles. The fourth-order valence-corrected chi connectivity index (χ4v) is 4.84. The van der Waals surface area contributed by atoms with Gasteiger partial charge >= 0.3 is 19.6 Å². The number of nitrogen functional groups attached to an aromatic ring is 1. The summed E-state index contributed by atoms with van der Waals surface area (Å²) in [7, 11) is -4.20. The van der Waals surface area contributed by atoms with Crippen molar-refractivity contribution in [2.75, 3.05) is 38.6 Å². The Morgan fingerprint density at radius 3 is 2.50 bits per heavy atom. The molecule has 6 N–H and O–H groups in total. The molecule has 0 radical (unpaired) electrons. The molecule has 0 bridgehead atoms. The molecule has 1 aliphatic heterocycles. The van der Waals surface area contributed by atoms with Crippen LogP contribution in [0.5, 0.6) is 0 Å². The van der Waals surface area contributed by atoms with Crippen molar-refractivity contribution < 1.29 is 42.4 Å². The minimum atomic E-state index is -4.20. The highest BCUT2D eigenvalue weighted by molar-refractivity contribution is 7.54. The zero-order valence-corrected chi connectivity index (χ0v) is 21.3. The molecule has 4 atom stereocenters. The predicted molar refractivity (Wildman–Crippen MR) is 128 cm³/mol. The number of aromatic amines is 1. The molecule has 0 saturated carbocycles. The second-order valence-corrected chi connectivity index (χ2v) is 9.78. The van der Waals surface area contributed by atoms with Gasteiger partial charge in [0.25, 0.3) is 5.56 Å². The topological polar surface area (TPSA) is 222 Å². The largest absolute Gasteiger partial charge is 0.465 e. The van der Waals surface area contributed by atoms with Crippen LogP contribution < -0.4 is 21.5 Å². The Balaban J connectivity index is 1.82. The third-order valence-corrected chi connectivity index (χ3v) is 6.93. The van der Waals surface area contributed by atoms with Crippen molar-refractivity contribution in [1.29, 1.82) is 0 Å². The van der Waals surface area contributed by atoms with Gasteiger partial charge in [-0.05, 0) is 13.8 Å². The standard InChI is InChI=1S/C20H27FN7O9P/c1-4-20(21)15(31)11(37-18(20)28-10-23-14-16(28)26-19(22)27-17(14)32)9-36-38(33,24-7-12(29)34-5-2)25-8-13(30)35-6-3/h1,10-11,15,18,31H,5-9H2,2-3H3,(H2,24,25,33)(H3,22,26,27,32)/t11-,15-,18-,20-/m1/s1. The number of alkyl halides is 1. The number of terminal acetylenes is 1. The van der Waals surface area contributed by atoms with Gasteiger partial charge in [-0.25, -0.2) is 19.5 Å². The van der Waals surface area contributed by atoms with Crippen LogP contribution in [0.4, 0.5) is 10.3 Å². The molecule has 1 fully saturated rings. The van der Waals surface area contributed by atoms with Gasteiger partial charge in [0, 0.05) is 0 Å². The number of nitrogens with zero attached hydrogens (tertiary/aromatic N) is 3. The fourth-order valence-electron chi connectivity index (χ4n) is 3.51. The molecule has 1 saturated heterocycles. The van der Waals surface area contributed by atoms with E-state index in [0.29, 0.717) is 0 Å². The van der Waals surface area contributed by atoms with E-state index in [1.165, 1.54) is 0 Å². The number of carbonyl (C=O) groups is 2. The van der Waals surface area contributed by atoms with Crippen LogP contribution in [0.1, 0.15) is 20.1 Å². The van der Waals surface area contributed by atoms with Gasteiger partial charge < -0.3 is 29.6 Å². The molecule has 0 aromatic carbocycles. The first-order chi connectivity index (χ1) is 18.0. The minimum absolute atomic E-state index is 0.0609. The summed E-state index contributed by atoms with van der Waals surface area (Å²) in [5.74, 6) is 0.0246. The fraction of sp³-hybridized carbons (Fsp3) is 0.550. The average Bonchev–Trinajstić information content (AvgIpc) is 3.40. The molecule has 208 valence electrons. The van der Waals surface area contributed by atoms with E-state index in [1.807, 2.05) is 5.92 Å². The molecule has 3 rings (SSSR count). The highest BCUT2D eigenvalue weighted by Crippen LogP contribution is 2.44. The van der Waals surface area contributed by atoms with Crippen LogP contribution >= 0.6 is 7.67 Å². The quantitative estimate of drug-likeness (QED) is 0.116. The highest BCUT2D eigenvalue weighted by atomic mass is 31.2. The lowest BCUT2D eigenvalue weighted by atomic mass is 9.97. The molecule has 18 heteroatoms. The molecule has 0 unspecified atom stereocenters. The van der Waals surface area contributed by atoms with Crippen molar-refractivity contribution in [2.24, 2.45) is 0 Å². The normalized spacial score (nSPS) is 23.3. The number of hydrogen-bond donors (Lipinski definition) is 5. The lowest BCUT2D eigenvalue weighted by Gasteiger charge is -2.24. The molecule has 1 aliphatic rings. The molecule has 0 amide bonds. The number of nitrogens with two attached hydrogens (primary N) is 1. The second kappa shape index (κ2) is 12.0. The number of anilines is 1. The Bertz CT molecular complexity index is 1300. The zero-order chi connectivity index (χ0) is 28.1. The monoisotopic (exact) mass is 559 g/mol. The maximum Gasteiger partial charge on any atom is 0.341 e. The van der Waals surface area contributed by atoms with Crippen molar-refractivity contribution >= 4 is 36.7 Å². The third kappa shape index (κ3) is 6.18. The predicted octanol–water partition coefficient (Wildman–Crippen LogP) is -1.27. The molecule has 0 spiro atoms. The third-order valence-electron chi connectivity index (χ3n) is 5.26. The van der Waals surface area contributed by atoms with Crippen molar-refractivity contribution in [3.05, 3.63) is 16.7 Å². The van der Waals surface area contributed by atoms with Crippen LogP contribution in [-0.4, -0.2) is 87.4 Å². The molecule has 16 nitrogen and oxygen atoms in total. The Kier molecular flexibility index (Phi) is 9.20. The van der Waals surface area contributed by atoms with E-state index < -0.39 is 69.0 Å².